The predicted octanol–water partition coefficient (Wildman–Crippen LogP) is 4.17. The standard InChI is InChI=1S/C21H21NO/c1-22-18-11-12-20(22)19(21(23)14-18)13-15-7-9-17(10-8-15)16-5-3-2-4-6-16/h2-10,13,18,20H,11-12,14H2,1H3/b19-13+. The number of Topliss-reactive ketones (excluding diaryl/α,β-unsaturated/α-hetero) is 1. The maximum Gasteiger partial charge on any atom is 0.162 e. The summed E-state index contributed by atoms with van der Waals surface area (Å²) in [5, 5.41) is 0. The van der Waals surface area contributed by atoms with Crippen molar-refractivity contribution in [2.75, 3.05) is 7.05 Å². The highest BCUT2D eigenvalue weighted by molar-refractivity contribution is 6.02. The Kier molecular flexibility index (Phi) is 3.62. The largest absolute Gasteiger partial charge is 0.296 e. The topological polar surface area (TPSA) is 20.3 Å². The number of fused-ring (bicyclic) bond motifs is 2. The van der Waals surface area contributed by atoms with Crippen LogP contribution >= 0.6 is 0 Å². The van der Waals surface area contributed by atoms with Gasteiger partial charge in [-0.3, -0.25) is 9.69 Å². The Balaban J connectivity index is 1.62. The van der Waals surface area contributed by atoms with E-state index in [0.717, 1.165) is 24.0 Å². The first-order valence-electron chi connectivity index (χ1n) is 8.34. The van der Waals surface area contributed by atoms with Gasteiger partial charge in [0.2, 0.25) is 0 Å². The summed E-state index contributed by atoms with van der Waals surface area (Å²) in [4.78, 5) is 14.8. The van der Waals surface area contributed by atoms with Crippen LogP contribution in [0.5, 0.6) is 0 Å². The summed E-state index contributed by atoms with van der Waals surface area (Å²) in [6, 6.07) is 19.6. The SMILES string of the molecule is CN1C2CCC1/C(=C\c1ccc(-c3ccccc3)cc1)C(=O)C2. The lowest BCUT2D eigenvalue weighted by Gasteiger charge is -2.32. The molecule has 0 saturated carbocycles. The van der Waals surface area contributed by atoms with Crippen molar-refractivity contribution in [3.8, 4) is 11.1 Å². The van der Waals surface area contributed by atoms with Gasteiger partial charge in [0.1, 0.15) is 0 Å². The molecule has 2 aliphatic heterocycles. The maximum absolute atomic E-state index is 12.4. The molecule has 4 rings (SSSR count). The van der Waals surface area contributed by atoms with Crippen LogP contribution < -0.4 is 0 Å². The lowest BCUT2D eigenvalue weighted by Crippen LogP contribution is -2.41. The highest BCUT2D eigenvalue weighted by Gasteiger charge is 2.41. The zero-order valence-electron chi connectivity index (χ0n) is 13.4. The zero-order chi connectivity index (χ0) is 15.8. The van der Waals surface area contributed by atoms with Crippen LogP contribution in [0, 0.1) is 0 Å². The number of ketones is 1. The second kappa shape index (κ2) is 5.78. The molecule has 116 valence electrons. The smallest absolute Gasteiger partial charge is 0.162 e. The van der Waals surface area contributed by atoms with Crippen molar-refractivity contribution < 1.29 is 4.79 Å². The molecular formula is C21H21NO. The number of carbonyl (C=O) groups excluding carboxylic acids is 1. The molecule has 0 aliphatic carbocycles. The van der Waals surface area contributed by atoms with Gasteiger partial charge in [0.05, 0.1) is 0 Å². The van der Waals surface area contributed by atoms with Gasteiger partial charge in [-0.05, 0) is 42.7 Å². The average Bonchev–Trinajstić information content (AvgIpc) is 2.85. The number of hydrogen-bond acceptors (Lipinski definition) is 2. The second-order valence-electron chi connectivity index (χ2n) is 6.63. The fourth-order valence-electron chi connectivity index (χ4n) is 3.91. The van der Waals surface area contributed by atoms with Crippen LogP contribution in [-0.4, -0.2) is 29.8 Å². The molecule has 2 fully saturated rings. The van der Waals surface area contributed by atoms with E-state index in [1.165, 1.54) is 11.1 Å². The Hall–Kier alpha value is -2.19. The highest BCUT2D eigenvalue weighted by atomic mass is 16.1. The van der Waals surface area contributed by atoms with Gasteiger partial charge in [-0.2, -0.15) is 0 Å². The minimum atomic E-state index is 0.315. The molecule has 2 atom stereocenters. The summed E-state index contributed by atoms with van der Waals surface area (Å²) in [6.45, 7) is 0. The van der Waals surface area contributed by atoms with Crippen LogP contribution in [0.2, 0.25) is 0 Å². The Morgan fingerprint density at radius 1 is 0.957 bits per heavy atom. The molecule has 0 radical (unpaired) electrons. The van der Waals surface area contributed by atoms with E-state index in [2.05, 4.69) is 66.6 Å². The number of hydrogen-bond donors (Lipinski definition) is 0. The van der Waals surface area contributed by atoms with Crippen molar-refractivity contribution in [2.45, 2.75) is 31.3 Å². The quantitative estimate of drug-likeness (QED) is 0.776. The first-order valence-corrected chi connectivity index (χ1v) is 8.34. The van der Waals surface area contributed by atoms with Crippen LogP contribution in [0.3, 0.4) is 0 Å². The van der Waals surface area contributed by atoms with Gasteiger partial charge in [-0.15, -0.1) is 0 Å². The molecule has 2 aromatic carbocycles. The van der Waals surface area contributed by atoms with Crippen LogP contribution in [0.4, 0.5) is 0 Å². The molecule has 2 saturated heterocycles. The number of rotatable bonds is 2. The third kappa shape index (κ3) is 2.64. The van der Waals surface area contributed by atoms with Crippen molar-refractivity contribution >= 4 is 11.9 Å². The molecule has 2 bridgehead atoms. The minimum absolute atomic E-state index is 0.315. The summed E-state index contributed by atoms with van der Waals surface area (Å²) in [5.41, 5.74) is 4.54. The third-order valence-electron chi connectivity index (χ3n) is 5.28. The molecule has 0 amide bonds. The molecule has 0 aromatic heterocycles. The molecule has 2 nitrogen and oxygen atoms in total. The minimum Gasteiger partial charge on any atom is -0.296 e. The van der Waals surface area contributed by atoms with Crippen molar-refractivity contribution in [1.29, 1.82) is 0 Å². The van der Waals surface area contributed by atoms with E-state index >= 15 is 0 Å². The van der Waals surface area contributed by atoms with Gasteiger partial charge >= 0.3 is 0 Å². The Bertz CT molecular complexity index is 745. The fourth-order valence-corrected chi connectivity index (χ4v) is 3.91. The van der Waals surface area contributed by atoms with Crippen molar-refractivity contribution in [3.63, 3.8) is 0 Å². The van der Waals surface area contributed by atoms with Gasteiger partial charge in [0, 0.05) is 24.1 Å². The zero-order valence-corrected chi connectivity index (χ0v) is 13.4. The van der Waals surface area contributed by atoms with Gasteiger partial charge < -0.3 is 0 Å². The average molecular weight is 303 g/mol. The first-order chi connectivity index (χ1) is 11.2. The lowest BCUT2D eigenvalue weighted by molar-refractivity contribution is -0.118. The van der Waals surface area contributed by atoms with E-state index in [1.54, 1.807) is 0 Å². The summed E-state index contributed by atoms with van der Waals surface area (Å²) in [5.74, 6) is 0.336. The van der Waals surface area contributed by atoms with Gasteiger partial charge in [-0.1, -0.05) is 54.6 Å². The van der Waals surface area contributed by atoms with E-state index in [4.69, 9.17) is 0 Å². The Labute approximate surface area is 137 Å². The molecule has 2 unspecified atom stereocenters. The fraction of sp³-hybridized carbons (Fsp3) is 0.286. The molecule has 0 N–H and O–H groups in total. The van der Waals surface area contributed by atoms with E-state index in [0.29, 0.717) is 24.3 Å². The Morgan fingerprint density at radius 2 is 1.65 bits per heavy atom. The Morgan fingerprint density at radius 3 is 2.39 bits per heavy atom. The maximum atomic E-state index is 12.4. The number of piperidine rings is 1. The third-order valence-corrected chi connectivity index (χ3v) is 5.28. The molecule has 2 aromatic rings. The summed E-state index contributed by atoms with van der Waals surface area (Å²) in [6.07, 6.45) is 5.04. The molecule has 2 heteroatoms. The second-order valence-corrected chi connectivity index (χ2v) is 6.63. The first kappa shape index (κ1) is 14.4. The van der Waals surface area contributed by atoms with Gasteiger partial charge in [-0.25, -0.2) is 0 Å². The lowest BCUT2D eigenvalue weighted by atomic mass is 9.93. The molecule has 2 aliphatic rings. The summed E-state index contributed by atoms with van der Waals surface area (Å²) < 4.78 is 0. The van der Waals surface area contributed by atoms with E-state index < -0.39 is 0 Å². The number of benzene rings is 2. The van der Waals surface area contributed by atoms with Crippen molar-refractivity contribution in [2.24, 2.45) is 0 Å². The van der Waals surface area contributed by atoms with Crippen LogP contribution in [-0.2, 0) is 4.79 Å². The summed E-state index contributed by atoms with van der Waals surface area (Å²) >= 11 is 0. The highest BCUT2D eigenvalue weighted by Crippen LogP contribution is 2.36. The van der Waals surface area contributed by atoms with Crippen LogP contribution in [0.1, 0.15) is 24.8 Å². The van der Waals surface area contributed by atoms with Gasteiger partial charge in [0.25, 0.3) is 0 Å². The van der Waals surface area contributed by atoms with Crippen LogP contribution in [0.15, 0.2) is 60.2 Å². The van der Waals surface area contributed by atoms with E-state index in [9.17, 15) is 4.79 Å². The molecular weight excluding hydrogens is 282 g/mol. The van der Waals surface area contributed by atoms with E-state index in [-0.39, 0.29) is 0 Å². The molecule has 0 spiro atoms. The van der Waals surface area contributed by atoms with Crippen LogP contribution in [0.25, 0.3) is 17.2 Å². The number of carbonyl (C=O) groups is 1. The molecule has 2 heterocycles. The van der Waals surface area contributed by atoms with E-state index in [1.807, 2.05) is 6.07 Å². The predicted molar refractivity (Wildman–Crippen MR) is 94.1 cm³/mol. The monoisotopic (exact) mass is 303 g/mol. The molecule has 23 heavy (non-hydrogen) atoms. The van der Waals surface area contributed by atoms with Crippen molar-refractivity contribution in [3.05, 3.63) is 65.7 Å². The normalized spacial score (nSPS) is 26.0. The number of likely N-dealkylation sites (N-methyl/N-ethyl adjacent to an activating group) is 1. The summed E-state index contributed by atoms with van der Waals surface area (Å²) in [7, 11) is 2.15. The number of nitrogens with zero attached hydrogens (tertiary/aromatic N) is 1. The van der Waals surface area contributed by atoms with Crippen molar-refractivity contribution in [1.82, 2.24) is 4.90 Å². The van der Waals surface area contributed by atoms with Gasteiger partial charge in [0.15, 0.2) is 5.78 Å².